The summed E-state index contributed by atoms with van der Waals surface area (Å²) in [4.78, 5) is 12.6. The molecule has 0 saturated carbocycles. The van der Waals surface area contributed by atoms with Crippen LogP contribution < -0.4 is 4.74 Å². The molecule has 0 aromatic heterocycles. The largest absolute Gasteiger partial charge is 0.496 e. The van der Waals surface area contributed by atoms with Crippen LogP contribution in [-0.2, 0) is 6.42 Å². The number of fused-ring (bicyclic) bond motifs is 1. The lowest BCUT2D eigenvalue weighted by Crippen LogP contribution is -2.36. The van der Waals surface area contributed by atoms with Gasteiger partial charge in [-0.3, -0.25) is 0 Å². The lowest BCUT2D eigenvalue weighted by atomic mass is 9.87. The minimum atomic E-state index is -0.802. The van der Waals surface area contributed by atoms with Crippen molar-refractivity contribution in [1.29, 1.82) is 0 Å². The maximum absolute atomic E-state index is 11.1. The van der Waals surface area contributed by atoms with Gasteiger partial charge in [-0.2, -0.15) is 0 Å². The number of carbonyl (C=O) groups is 1. The SMILES string of the molecule is COc1cccc2c1C(=Cc1ccc(C3CCN(C(=O)O)CC3)cc1C)CC2. The molecule has 1 fully saturated rings. The molecule has 2 aromatic rings. The smallest absolute Gasteiger partial charge is 0.407 e. The van der Waals surface area contributed by atoms with Gasteiger partial charge in [0.15, 0.2) is 0 Å². The average molecular weight is 377 g/mol. The Morgan fingerprint density at radius 1 is 1.18 bits per heavy atom. The van der Waals surface area contributed by atoms with Gasteiger partial charge in [-0.05, 0) is 72.4 Å². The fraction of sp³-hybridized carbons (Fsp3) is 0.375. The van der Waals surface area contributed by atoms with Gasteiger partial charge in [0.05, 0.1) is 7.11 Å². The molecule has 4 nitrogen and oxygen atoms in total. The quantitative estimate of drug-likeness (QED) is 0.785. The monoisotopic (exact) mass is 377 g/mol. The predicted octanol–water partition coefficient (Wildman–Crippen LogP) is 5.35. The van der Waals surface area contributed by atoms with Crippen molar-refractivity contribution in [3.05, 3.63) is 64.2 Å². The van der Waals surface area contributed by atoms with Gasteiger partial charge in [0.25, 0.3) is 0 Å². The summed E-state index contributed by atoms with van der Waals surface area (Å²) in [5.41, 5.74) is 7.82. The Labute approximate surface area is 166 Å². The van der Waals surface area contributed by atoms with Gasteiger partial charge >= 0.3 is 6.09 Å². The van der Waals surface area contributed by atoms with Crippen molar-refractivity contribution in [2.24, 2.45) is 0 Å². The third kappa shape index (κ3) is 3.51. The lowest BCUT2D eigenvalue weighted by Gasteiger charge is -2.30. The maximum Gasteiger partial charge on any atom is 0.407 e. The van der Waals surface area contributed by atoms with Crippen LogP contribution in [0.4, 0.5) is 4.79 Å². The zero-order chi connectivity index (χ0) is 19.7. The van der Waals surface area contributed by atoms with E-state index in [-0.39, 0.29) is 0 Å². The predicted molar refractivity (Wildman–Crippen MR) is 112 cm³/mol. The summed E-state index contributed by atoms with van der Waals surface area (Å²) >= 11 is 0. The molecule has 1 heterocycles. The van der Waals surface area contributed by atoms with Crippen LogP contribution in [0.5, 0.6) is 5.75 Å². The number of benzene rings is 2. The molecule has 4 heteroatoms. The molecule has 146 valence electrons. The zero-order valence-electron chi connectivity index (χ0n) is 16.6. The number of methoxy groups -OCH3 is 1. The van der Waals surface area contributed by atoms with Gasteiger partial charge in [0.2, 0.25) is 0 Å². The lowest BCUT2D eigenvalue weighted by molar-refractivity contribution is 0.132. The molecule has 0 radical (unpaired) electrons. The number of rotatable bonds is 3. The molecule has 1 N–H and O–H groups in total. The van der Waals surface area contributed by atoms with Crippen LogP contribution in [0, 0.1) is 6.92 Å². The number of amides is 1. The van der Waals surface area contributed by atoms with Crippen molar-refractivity contribution in [2.45, 2.75) is 38.5 Å². The Kier molecular flexibility index (Phi) is 5.12. The number of carboxylic acid groups (broad SMARTS) is 1. The fourth-order valence-corrected chi connectivity index (χ4v) is 4.56. The molecule has 4 rings (SSSR count). The van der Waals surface area contributed by atoms with Crippen LogP contribution in [0.1, 0.15) is 53.0 Å². The molecule has 0 atom stereocenters. The molecule has 1 amide bonds. The summed E-state index contributed by atoms with van der Waals surface area (Å²) in [6.45, 7) is 3.42. The molecule has 1 aliphatic heterocycles. The Hall–Kier alpha value is -2.75. The van der Waals surface area contributed by atoms with E-state index in [2.05, 4.69) is 43.3 Å². The molecule has 1 aliphatic carbocycles. The van der Waals surface area contributed by atoms with Gasteiger partial charge in [0, 0.05) is 18.7 Å². The number of aryl methyl sites for hydroxylation is 2. The van der Waals surface area contributed by atoms with E-state index in [4.69, 9.17) is 9.84 Å². The highest BCUT2D eigenvalue weighted by Crippen LogP contribution is 2.40. The van der Waals surface area contributed by atoms with Crippen LogP contribution in [0.2, 0.25) is 0 Å². The molecule has 0 unspecified atom stereocenters. The molecule has 28 heavy (non-hydrogen) atoms. The van der Waals surface area contributed by atoms with Gasteiger partial charge in [-0.25, -0.2) is 4.79 Å². The van der Waals surface area contributed by atoms with Crippen molar-refractivity contribution < 1.29 is 14.6 Å². The number of nitrogens with zero attached hydrogens (tertiary/aromatic N) is 1. The van der Waals surface area contributed by atoms with Gasteiger partial charge in [0.1, 0.15) is 5.75 Å². The minimum Gasteiger partial charge on any atom is -0.496 e. The van der Waals surface area contributed by atoms with E-state index in [1.165, 1.54) is 38.3 Å². The molecular weight excluding hydrogens is 350 g/mol. The summed E-state index contributed by atoms with van der Waals surface area (Å²) in [6.07, 6.45) is 5.42. The first kappa shape index (κ1) is 18.6. The third-order valence-electron chi connectivity index (χ3n) is 6.18. The van der Waals surface area contributed by atoms with Crippen molar-refractivity contribution in [3.8, 4) is 5.75 Å². The first-order chi connectivity index (χ1) is 13.6. The second-order valence-corrected chi connectivity index (χ2v) is 7.82. The highest BCUT2D eigenvalue weighted by Gasteiger charge is 2.24. The van der Waals surface area contributed by atoms with Gasteiger partial charge in [-0.15, -0.1) is 0 Å². The van der Waals surface area contributed by atoms with Gasteiger partial charge in [-0.1, -0.05) is 36.4 Å². The summed E-state index contributed by atoms with van der Waals surface area (Å²) in [6, 6.07) is 13.0. The molecule has 0 bridgehead atoms. The first-order valence-corrected chi connectivity index (χ1v) is 10.0. The van der Waals surface area contributed by atoms with Crippen molar-refractivity contribution in [1.82, 2.24) is 4.90 Å². The summed E-state index contributed by atoms with van der Waals surface area (Å²) in [7, 11) is 1.74. The number of hydrogen-bond donors (Lipinski definition) is 1. The van der Waals surface area contributed by atoms with E-state index in [1.54, 1.807) is 7.11 Å². The van der Waals surface area contributed by atoms with Crippen LogP contribution in [-0.4, -0.2) is 36.3 Å². The first-order valence-electron chi connectivity index (χ1n) is 10.0. The number of piperidine rings is 1. The topological polar surface area (TPSA) is 49.8 Å². The minimum absolute atomic E-state index is 0.448. The van der Waals surface area contributed by atoms with Crippen LogP contribution >= 0.6 is 0 Å². The summed E-state index contributed by atoms with van der Waals surface area (Å²) in [5.74, 6) is 1.41. The molecule has 0 spiro atoms. The molecule has 2 aromatic carbocycles. The normalized spacial score (nSPS) is 18.4. The van der Waals surface area contributed by atoms with Crippen LogP contribution in [0.15, 0.2) is 36.4 Å². The summed E-state index contributed by atoms with van der Waals surface area (Å²) < 4.78 is 5.59. The Bertz CT molecular complexity index is 923. The number of allylic oxidation sites excluding steroid dienone is 1. The molecular formula is C24H27NO3. The number of likely N-dealkylation sites (tertiary alicyclic amines) is 1. The standard InChI is InChI=1S/C24H27NO3/c1-16-14-20(17-10-12-25(13-11-17)24(26)27)8-7-19(16)15-21-9-6-18-4-3-5-22(28-2)23(18)21/h3-5,7-8,14-15,17H,6,9-13H2,1-2H3,(H,26,27). The van der Waals surface area contributed by atoms with Gasteiger partial charge < -0.3 is 14.7 Å². The van der Waals surface area contributed by atoms with Crippen molar-refractivity contribution in [3.63, 3.8) is 0 Å². The number of hydrogen-bond acceptors (Lipinski definition) is 2. The molecule has 2 aliphatic rings. The van der Waals surface area contributed by atoms with Crippen molar-refractivity contribution >= 4 is 17.7 Å². The molecule has 1 saturated heterocycles. The van der Waals surface area contributed by atoms with E-state index >= 15 is 0 Å². The second-order valence-electron chi connectivity index (χ2n) is 7.82. The highest BCUT2D eigenvalue weighted by molar-refractivity contribution is 5.88. The maximum atomic E-state index is 11.1. The Morgan fingerprint density at radius 2 is 1.96 bits per heavy atom. The average Bonchev–Trinajstić information content (AvgIpc) is 3.12. The fourth-order valence-electron chi connectivity index (χ4n) is 4.56. The van der Waals surface area contributed by atoms with E-state index in [0.717, 1.165) is 31.4 Å². The van der Waals surface area contributed by atoms with E-state index < -0.39 is 6.09 Å². The zero-order valence-corrected chi connectivity index (χ0v) is 16.6. The highest BCUT2D eigenvalue weighted by atomic mass is 16.5. The van der Waals surface area contributed by atoms with Crippen LogP contribution in [0.25, 0.3) is 11.6 Å². The third-order valence-corrected chi connectivity index (χ3v) is 6.18. The number of ether oxygens (including phenoxy) is 1. The van der Waals surface area contributed by atoms with Crippen molar-refractivity contribution in [2.75, 3.05) is 20.2 Å². The summed E-state index contributed by atoms with van der Waals surface area (Å²) in [5, 5.41) is 9.13. The van der Waals surface area contributed by atoms with E-state index in [0.29, 0.717) is 19.0 Å². The Balaban J connectivity index is 1.56. The second kappa shape index (κ2) is 7.70. The van der Waals surface area contributed by atoms with Crippen LogP contribution in [0.3, 0.4) is 0 Å². The van der Waals surface area contributed by atoms with E-state index in [9.17, 15) is 4.79 Å². The van der Waals surface area contributed by atoms with E-state index in [1.807, 2.05) is 6.07 Å². The Morgan fingerprint density at radius 3 is 2.64 bits per heavy atom.